The van der Waals surface area contributed by atoms with E-state index in [2.05, 4.69) is 0 Å². The standard InChI is InChI=1S/C20H24N2O4S/c1-26-11-12-27(24,25)17-9-7-16(8-10-17)20(23)22-13-18(19(21)14-22)15-5-3-2-4-6-15/h2-10,18-19H,11-14,21H2,1H3/t18-,19+/m0/s1. The first-order valence-corrected chi connectivity index (χ1v) is 10.5. The van der Waals surface area contributed by atoms with Gasteiger partial charge in [0.05, 0.1) is 17.3 Å². The Balaban J connectivity index is 1.71. The number of hydrogen-bond donors (Lipinski definition) is 1. The number of hydrogen-bond acceptors (Lipinski definition) is 5. The van der Waals surface area contributed by atoms with Crippen LogP contribution in [0, 0.1) is 0 Å². The molecular formula is C20H24N2O4S. The maximum absolute atomic E-state index is 12.8. The summed E-state index contributed by atoms with van der Waals surface area (Å²) in [4.78, 5) is 14.7. The second-order valence-corrected chi connectivity index (χ2v) is 8.84. The highest BCUT2D eigenvalue weighted by molar-refractivity contribution is 7.91. The van der Waals surface area contributed by atoms with Crippen molar-refractivity contribution in [3.63, 3.8) is 0 Å². The largest absolute Gasteiger partial charge is 0.384 e. The van der Waals surface area contributed by atoms with Gasteiger partial charge >= 0.3 is 0 Å². The number of carbonyl (C=O) groups excluding carboxylic acids is 1. The summed E-state index contributed by atoms with van der Waals surface area (Å²) in [5.41, 5.74) is 7.84. The maximum atomic E-state index is 12.8. The monoisotopic (exact) mass is 388 g/mol. The summed E-state index contributed by atoms with van der Waals surface area (Å²) >= 11 is 0. The smallest absolute Gasteiger partial charge is 0.253 e. The zero-order valence-corrected chi connectivity index (χ0v) is 16.1. The average molecular weight is 388 g/mol. The van der Waals surface area contributed by atoms with Crippen LogP contribution in [-0.2, 0) is 14.6 Å². The molecule has 1 fully saturated rings. The molecule has 2 aromatic carbocycles. The molecule has 0 radical (unpaired) electrons. The van der Waals surface area contributed by atoms with E-state index < -0.39 is 9.84 Å². The van der Waals surface area contributed by atoms with Crippen LogP contribution in [0.3, 0.4) is 0 Å². The summed E-state index contributed by atoms with van der Waals surface area (Å²) in [6, 6.07) is 15.9. The molecule has 1 heterocycles. The van der Waals surface area contributed by atoms with E-state index in [1.165, 1.54) is 19.2 Å². The first-order valence-electron chi connectivity index (χ1n) is 8.84. The fraction of sp³-hybridized carbons (Fsp3) is 0.350. The Kier molecular flexibility index (Phi) is 5.94. The van der Waals surface area contributed by atoms with Crippen molar-refractivity contribution in [2.45, 2.75) is 16.9 Å². The summed E-state index contributed by atoms with van der Waals surface area (Å²) in [5.74, 6) is -0.121. The molecule has 0 aromatic heterocycles. The van der Waals surface area contributed by atoms with Gasteiger partial charge in [0.15, 0.2) is 9.84 Å². The molecule has 1 amide bonds. The van der Waals surface area contributed by atoms with Crippen molar-refractivity contribution in [3.05, 3.63) is 65.7 Å². The average Bonchev–Trinajstić information content (AvgIpc) is 3.08. The molecule has 1 saturated heterocycles. The molecular weight excluding hydrogens is 364 g/mol. The second-order valence-electron chi connectivity index (χ2n) is 6.73. The van der Waals surface area contributed by atoms with Crippen LogP contribution in [0.2, 0.25) is 0 Å². The molecule has 2 aromatic rings. The SMILES string of the molecule is COCCS(=O)(=O)c1ccc(C(=O)N2C[C@@H](N)[C@H](c3ccccc3)C2)cc1. The van der Waals surface area contributed by atoms with Crippen LogP contribution in [0.15, 0.2) is 59.5 Å². The predicted octanol–water partition coefficient (Wildman–Crippen LogP) is 1.67. The van der Waals surface area contributed by atoms with Crippen LogP contribution in [-0.4, -0.2) is 57.8 Å². The van der Waals surface area contributed by atoms with Crippen molar-refractivity contribution in [2.24, 2.45) is 5.73 Å². The van der Waals surface area contributed by atoms with Crippen LogP contribution in [0.4, 0.5) is 0 Å². The number of methoxy groups -OCH3 is 1. The Morgan fingerprint density at radius 2 is 1.78 bits per heavy atom. The number of rotatable bonds is 6. The molecule has 0 spiro atoms. The highest BCUT2D eigenvalue weighted by Gasteiger charge is 2.34. The van der Waals surface area contributed by atoms with Gasteiger partial charge in [0.25, 0.3) is 5.91 Å². The molecule has 144 valence electrons. The van der Waals surface area contributed by atoms with Crippen molar-refractivity contribution >= 4 is 15.7 Å². The molecule has 0 unspecified atom stereocenters. The van der Waals surface area contributed by atoms with Crippen LogP contribution in [0.1, 0.15) is 21.8 Å². The highest BCUT2D eigenvalue weighted by atomic mass is 32.2. The molecule has 2 atom stereocenters. The molecule has 0 saturated carbocycles. The van der Waals surface area contributed by atoms with Gasteiger partial charge in [0.1, 0.15) is 0 Å². The Bertz CT molecular complexity index is 882. The van der Waals surface area contributed by atoms with Crippen molar-refractivity contribution in [1.29, 1.82) is 0 Å². The molecule has 0 bridgehead atoms. The number of ether oxygens (including phenoxy) is 1. The van der Waals surface area contributed by atoms with Gasteiger partial charge in [-0.2, -0.15) is 0 Å². The van der Waals surface area contributed by atoms with Crippen LogP contribution in [0.5, 0.6) is 0 Å². The van der Waals surface area contributed by atoms with E-state index in [4.69, 9.17) is 10.5 Å². The lowest BCUT2D eigenvalue weighted by Gasteiger charge is -2.17. The van der Waals surface area contributed by atoms with Gasteiger partial charge in [-0.05, 0) is 29.8 Å². The van der Waals surface area contributed by atoms with E-state index in [-0.39, 0.29) is 35.1 Å². The third kappa shape index (κ3) is 4.37. The summed E-state index contributed by atoms with van der Waals surface area (Å²) in [6.07, 6.45) is 0. The van der Waals surface area contributed by atoms with E-state index in [1.54, 1.807) is 17.0 Å². The Labute approximate surface area is 159 Å². The zero-order chi connectivity index (χ0) is 19.4. The summed E-state index contributed by atoms with van der Waals surface area (Å²) < 4.78 is 29.2. The number of amides is 1. The number of likely N-dealkylation sites (tertiary alicyclic amines) is 1. The van der Waals surface area contributed by atoms with Gasteiger partial charge < -0.3 is 15.4 Å². The predicted molar refractivity (Wildman–Crippen MR) is 103 cm³/mol. The minimum Gasteiger partial charge on any atom is -0.384 e. The van der Waals surface area contributed by atoms with Gasteiger partial charge in [0, 0.05) is 37.7 Å². The van der Waals surface area contributed by atoms with E-state index in [1.807, 2.05) is 30.3 Å². The van der Waals surface area contributed by atoms with Crippen molar-refractivity contribution < 1.29 is 17.9 Å². The minimum atomic E-state index is -3.41. The maximum Gasteiger partial charge on any atom is 0.253 e. The number of sulfone groups is 1. The van der Waals surface area contributed by atoms with Gasteiger partial charge in [-0.15, -0.1) is 0 Å². The fourth-order valence-electron chi connectivity index (χ4n) is 3.35. The van der Waals surface area contributed by atoms with Crippen molar-refractivity contribution in [3.8, 4) is 0 Å². The Morgan fingerprint density at radius 3 is 2.41 bits per heavy atom. The van der Waals surface area contributed by atoms with Crippen molar-refractivity contribution in [1.82, 2.24) is 4.90 Å². The van der Waals surface area contributed by atoms with Gasteiger partial charge in [-0.3, -0.25) is 4.79 Å². The topological polar surface area (TPSA) is 89.7 Å². The molecule has 7 heteroatoms. The molecule has 27 heavy (non-hydrogen) atoms. The third-order valence-corrected chi connectivity index (χ3v) is 6.59. The zero-order valence-electron chi connectivity index (χ0n) is 15.2. The van der Waals surface area contributed by atoms with E-state index in [0.29, 0.717) is 18.7 Å². The first kappa shape index (κ1) is 19.5. The lowest BCUT2D eigenvalue weighted by Crippen LogP contribution is -2.32. The van der Waals surface area contributed by atoms with Crippen LogP contribution < -0.4 is 5.73 Å². The fourth-order valence-corrected chi connectivity index (χ4v) is 4.52. The molecule has 0 aliphatic carbocycles. The normalized spacial score (nSPS) is 20.0. The summed E-state index contributed by atoms with van der Waals surface area (Å²) in [7, 11) is -1.95. The lowest BCUT2D eigenvalue weighted by atomic mass is 9.95. The number of nitrogens with two attached hydrogens (primary N) is 1. The van der Waals surface area contributed by atoms with Gasteiger partial charge in [-0.1, -0.05) is 30.3 Å². The highest BCUT2D eigenvalue weighted by Crippen LogP contribution is 2.27. The first-order chi connectivity index (χ1) is 12.9. The molecule has 6 nitrogen and oxygen atoms in total. The summed E-state index contributed by atoms with van der Waals surface area (Å²) in [5, 5.41) is 0. The lowest BCUT2D eigenvalue weighted by molar-refractivity contribution is 0.0789. The Morgan fingerprint density at radius 1 is 1.11 bits per heavy atom. The number of nitrogens with zero attached hydrogens (tertiary/aromatic N) is 1. The number of benzene rings is 2. The molecule has 1 aliphatic heterocycles. The molecule has 2 N–H and O–H groups in total. The quantitative estimate of drug-likeness (QED) is 0.813. The van der Waals surface area contributed by atoms with E-state index >= 15 is 0 Å². The Hall–Kier alpha value is -2.22. The molecule has 1 aliphatic rings. The van der Waals surface area contributed by atoms with Gasteiger partial charge in [0.2, 0.25) is 0 Å². The third-order valence-electron chi connectivity index (χ3n) is 4.90. The van der Waals surface area contributed by atoms with E-state index in [9.17, 15) is 13.2 Å². The van der Waals surface area contributed by atoms with Crippen LogP contribution in [0.25, 0.3) is 0 Å². The summed E-state index contributed by atoms with van der Waals surface area (Å²) in [6.45, 7) is 1.17. The van der Waals surface area contributed by atoms with Crippen molar-refractivity contribution in [2.75, 3.05) is 32.6 Å². The van der Waals surface area contributed by atoms with Gasteiger partial charge in [-0.25, -0.2) is 8.42 Å². The minimum absolute atomic E-state index is 0.0868. The second kappa shape index (κ2) is 8.21. The molecule has 3 rings (SSSR count). The van der Waals surface area contributed by atoms with E-state index in [0.717, 1.165) is 5.56 Å². The number of carbonyl (C=O) groups is 1. The van der Waals surface area contributed by atoms with Crippen LogP contribution >= 0.6 is 0 Å².